The van der Waals surface area contributed by atoms with Gasteiger partial charge in [-0.3, -0.25) is 9.59 Å². The number of ether oxygens (including phenoxy) is 1. The summed E-state index contributed by atoms with van der Waals surface area (Å²) in [6.07, 6.45) is 1.15. The third-order valence-electron chi connectivity index (χ3n) is 6.52. The monoisotopic (exact) mass is 466 g/mol. The minimum Gasteiger partial charge on any atom is -0.481 e. The number of fused-ring (bicyclic) bond motifs is 3. The summed E-state index contributed by atoms with van der Waals surface area (Å²) in [5.41, 5.74) is 4.52. The highest BCUT2D eigenvalue weighted by Gasteiger charge is 2.31. The summed E-state index contributed by atoms with van der Waals surface area (Å²) in [5.74, 6) is -1.57. The summed E-state index contributed by atoms with van der Waals surface area (Å²) in [7, 11) is 0. The van der Waals surface area contributed by atoms with E-state index in [4.69, 9.17) is 9.84 Å². The smallest absolute Gasteiger partial charge is 0.407 e. The van der Waals surface area contributed by atoms with E-state index in [0.29, 0.717) is 12.8 Å². The predicted molar refractivity (Wildman–Crippen MR) is 131 cm³/mol. The number of carbonyl (C=O) groups excluding carboxylic acids is 2. The van der Waals surface area contributed by atoms with Crippen molar-refractivity contribution in [3.05, 3.63) is 59.7 Å². The Kier molecular flexibility index (Phi) is 8.68. The highest BCUT2D eigenvalue weighted by Crippen LogP contribution is 2.44. The summed E-state index contributed by atoms with van der Waals surface area (Å²) >= 11 is 0. The Hall–Kier alpha value is -3.35. The second-order valence-electron chi connectivity index (χ2n) is 8.93. The molecule has 3 N–H and O–H groups in total. The van der Waals surface area contributed by atoms with Gasteiger partial charge in [-0.05, 0) is 34.6 Å². The molecule has 0 fully saturated rings. The Morgan fingerprint density at radius 3 is 2.09 bits per heavy atom. The van der Waals surface area contributed by atoms with Crippen LogP contribution in [0.5, 0.6) is 0 Å². The first-order valence-electron chi connectivity index (χ1n) is 12.0. The van der Waals surface area contributed by atoms with Gasteiger partial charge in [0.2, 0.25) is 5.91 Å². The number of hydrogen-bond donors (Lipinski definition) is 3. The third kappa shape index (κ3) is 5.95. The topological polar surface area (TPSA) is 105 Å². The van der Waals surface area contributed by atoms with Crippen LogP contribution < -0.4 is 10.6 Å². The maximum Gasteiger partial charge on any atom is 0.407 e. The van der Waals surface area contributed by atoms with Gasteiger partial charge >= 0.3 is 12.1 Å². The van der Waals surface area contributed by atoms with Crippen molar-refractivity contribution in [2.24, 2.45) is 5.92 Å². The fourth-order valence-electron chi connectivity index (χ4n) is 4.54. The van der Waals surface area contributed by atoms with Crippen molar-refractivity contribution in [3.8, 4) is 11.1 Å². The van der Waals surface area contributed by atoms with Gasteiger partial charge in [-0.2, -0.15) is 0 Å². The minimum atomic E-state index is -0.969. The number of benzene rings is 2. The molecule has 1 aliphatic carbocycles. The van der Waals surface area contributed by atoms with Crippen molar-refractivity contribution in [2.45, 2.75) is 64.5 Å². The number of rotatable bonds is 11. The van der Waals surface area contributed by atoms with E-state index >= 15 is 0 Å². The van der Waals surface area contributed by atoms with Crippen LogP contribution in [0.15, 0.2) is 48.5 Å². The van der Waals surface area contributed by atoms with Crippen molar-refractivity contribution in [3.63, 3.8) is 0 Å². The maximum absolute atomic E-state index is 13.0. The van der Waals surface area contributed by atoms with E-state index in [-0.39, 0.29) is 30.8 Å². The molecule has 3 rings (SSSR count). The molecule has 0 aromatic heterocycles. The number of nitrogens with one attached hydrogen (secondary N) is 2. The highest BCUT2D eigenvalue weighted by molar-refractivity contribution is 5.86. The van der Waals surface area contributed by atoms with Crippen molar-refractivity contribution in [1.82, 2.24) is 10.6 Å². The number of hydrogen-bond acceptors (Lipinski definition) is 4. The lowest BCUT2D eigenvalue weighted by Crippen LogP contribution is -2.53. The fraction of sp³-hybridized carbons (Fsp3) is 0.444. The zero-order valence-electron chi connectivity index (χ0n) is 20.0. The largest absolute Gasteiger partial charge is 0.481 e. The predicted octanol–water partition coefficient (Wildman–Crippen LogP) is 4.70. The van der Waals surface area contributed by atoms with Gasteiger partial charge in [0.15, 0.2) is 0 Å². The van der Waals surface area contributed by atoms with Crippen LogP contribution in [0.3, 0.4) is 0 Å². The van der Waals surface area contributed by atoms with Gasteiger partial charge in [0.05, 0.1) is 6.42 Å². The van der Waals surface area contributed by atoms with Crippen LogP contribution in [0, 0.1) is 5.92 Å². The van der Waals surface area contributed by atoms with Crippen molar-refractivity contribution in [2.75, 3.05) is 6.61 Å². The quantitative estimate of drug-likeness (QED) is 0.445. The van der Waals surface area contributed by atoms with Crippen LogP contribution in [0.25, 0.3) is 11.1 Å². The van der Waals surface area contributed by atoms with E-state index in [0.717, 1.165) is 28.7 Å². The highest BCUT2D eigenvalue weighted by atomic mass is 16.5. The van der Waals surface area contributed by atoms with Gasteiger partial charge in [-0.25, -0.2) is 4.79 Å². The van der Waals surface area contributed by atoms with Crippen LogP contribution in [0.4, 0.5) is 4.79 Å². The van der Waals surface area contributed by atoms with Crippen LogP contribution in [0.2, 0.25) is 0 Å². The van der Waals surface area contributed by atoms with Crippen LogP contribution >= 0.6 is 0 Å². The molecule has 3 atom stereocenters. The lowest BCUT2D eigenvalue weighted by atomic mass is 9.97. The van der Waals surface area contributed by atoms with Crippen LogP contribution in [0.1, 0.15) is 63.5 Å². The lowest BCUT2D eigenvalue weighted by molar-refractivity contribution is -0.137. The molecule has 0 radical (unpaired) electrons. The van der Waals surface area contributed by atoms with Crippen LogP contribution in [-0.4, -0.2) is 41.8 Å². The van der Waals surface area contributed by atoms with Crippen molar-refractivity contribution < 1.29 is 24.2 Å². The summed E-state index contributed by atoms with van der Waals surface area (Å²) in [6.45, 7) is 5.90. The van der Waals surface area contributed by atoms with E-state index < -0.39 is 24.1 Å². The zero-order valence-corrected chi connectivity index (χ0v) is 20.0. The minimum absolute atomic E-state index is 0.0708. The third-order valence-corrected chi connectivity index (χ3v) is 6.52. The number of carboxylic acid groups (broad SMARTS) is 1. The summed E-state index contributed by atoms with van der Waals surface area (Å²) in [5, 5.41) is 14.7. The molecule has 0 bridgehead atoms. The van der Waals surface area contributed by atoms with E-state index in [9.17, 15) is 14.4 Å². The number of aliphatic carboxylic acids is 1. The molecule has 2 aromatic carbocycles. The van der Waals surface area contributed by atoms with Gasteiger partial charge in [0.1, 0.15) is 12.6 Å². The van der Waals surface area contributed by atoms with Crippen molar-refractivity contribution >= 4 is 18.0 Å². The van der Waals surface area contributed by atoms with Crippen LogP contribution in [-0.2, 0) is 14.3 Å². The Morgan fingerprint density at radius 2 is 1.56 bits per heavy atom. The summed E-state index contributed by atoms with van der Waals surface area (Å²) in [4.78, 5) is 36.8. The molecule has 0 saturated heterocycles. The van der Waals surface area contributed by atoms with E-state index in [1.165, 1.54) is 0 Å². The molecule has 7 heteroatoms. The Balaban J connectivity index is 1.66. The van der Waals surface area contributed by atoms with E-state index in [2.05, 4.69) is 22.8 Å². The SMILES string of the molecule is CCCC(CC(=O)O)NC(=O)[C@@H](NC(=O)OCC1c2ccccc2-c2ccccc21)C(C)CC. The van der Waals surface area contributed by atoms with Gasteiger partial charge in [0.25, 0.3) is 0 Å². The standard InChI is InChI=1S/C27H34N2O5/c1-4-10-18(15-24(30)31)28-26(32)25(17(3)5-2)29-27(33)34-16-23-21-13-8-6-11-19(21)20-12-7-9-14-22(20)23/h6-9,11-14,17-18,23,25H,4-5,10,15-16H2,1-3H3,(H,28,32)(H,29,33)(H,30,31)/t17?,18?,25-/m0/s1. The first-order valence-corrected chi connectivity index (χ1v) is 12.0. The molecule has 0 heterocycles. The second-order valence-corrected chi connectivity index (χ2v) is 8.93. The van der Waals surface area contributed by atoms with Gasteiger partial charge in [-0.1, -0.05) is 82.1 Å². The fourth-order valence-corrected chi connectivity index (χ4v) is 4.54. The Labute approximate surface area is 200 Å². The van der Waals surface area contributed by atoms with E-state index in [1.54, 1.807) is 0 Å². The molecule has 2 amide bonds. The average molecular weight is 467 g/mol. The number of carbonyl (C=O) groups is 3. The van der Waals surface area contributed by atoms with Gasteiger partial charge in [0, 0.05) is 12.0 Å². The first-order chi connectivity index (χ1) is 16.3. The van der Waals surface area contributed by atoms with E-state index in [1.807, 2.05) is 57.2 Å². The lowest BCUT2D eigenvalue weighted by Gasteiger charge is -2.26. The normalized spacial score (nSPS) is 14.9. The Bertz CT molecular complexity index is 976. The Morgan fingerprint density at radius 1 is 0.971 bits per heavy atom. The molecule has 2 aromatic rings. The van der Waals surface area contributed by atoms with Crippen molar-refractivity contribution in [1.29, 1.82) is 0 Å². The molecule has 7 nitrogen and oxygen atoms in total. The summed E-state index contributed by atoms with van der Waals surface area (Å²) in [6, 6.07) is 14.9. The zero-order chi connectivity index (χ0) is 24.7. The molecule has 0 saturated carbocycles. The number of carboxylic acids is 1. The second kappa shape index (κ2) is 11.7. The maximum atomic E-state index is 13.0. The van der Waals surface area contributed by atoms with Gasteiger partial charge in [-0.15, -0.1) is 0 Å². The molecular weight excluding hydrogens is 432 g/mol. The first kappa shape index (κ1) is 25.3. The molecule has 2 unspecified atom stereocenters. The molecule has 34 heavy (non-hydrogen) atoms. The van der Waals surface area contributed by atoms with Gasteiger partial charge < -0.3 is 20.5 Å². The average Bonchev–Trinajstić information content (AvgIpc) is 3.14. The molecule has 182 valence electrons. The number of alkyl carbamates (subject to hydrolysis) is 1. The molecular formula is C27H34N2O5. The molecule has 0 spiro atoms. The summed E-state index contributed by atoms with van der Waals surface area (Å²) < 4.78 is 5.61. The molecule has 1 aliphatic rings. The molecule has 0 aliphatic heterocycles. The number of amides is 2.